The summed E-state index contributed by atoms with van der Waals surface area (Å²) < 4.78 is 24.4. The van der Waals surface area contributed by atoms with Gasteiger partial charge in [0.25, 0.3) is 0 Å². The predicted molar refractivity (Wildman–Crippen MR) is 68.4 cm³/mol. The van der Waals surface area contributed by atoms with Gasteiger partial charge in [0.1, 0.15) is 0 Å². The molecule has 0 radical (unpaired) electrons. The Kier molecular flexibility index (Phi) is 4.41. The minimum atomic E-state index is -2.92. The highest BCUT2D eigenvalue weighted by Gasteiger charge is 2.33. The van der Waals surface area contributed by atoms with Crippen molar-refractivity contribution >= 4 is 9.84 Å². The largest absolute Gasteiger partial charge is 0.311 e. The predicted octanol–water partition coefficient (Wildman–Crippen LogP) is 2.12. The fraction of sp³-hybridized carbons (Fsp3) is 1.00. The molecule has 0 amide bonds. The summed E-state index contributed by atoms with van der Waals surface area (Å²) in [6.45, 7) is 8.56. The Hall–Kier alpha value is -0.0900. The lowest BCUT2D eigenvalue weighted by atomic mass is 10.1. The molecule has 0 aromatic heterocycles. The fourth-order valence-corrected chi connectivity index (χ4v) is 4.07. The van der Waals surface area contributed by atoms with E-state index in [4.69, 9.17) is 0 Å². The van der Waals surface area contributed by atoms with E-state index in [0.29, 0.717) is 6.54 Å². The van der Waals surface area contributed by atoms with Crippen LogP contribution in [0.5, 0.6) is 0 Å². The summed E-state index contributed by atoms with van der Waals surface area (Å²) in [4.78, 5) is 0. The van der Waals surface area contributed by atoms with Crippen LogP contribution in [0.15, 0.2) is 0 Å². The maximum atomic E-state index is 12.2. The van der Waals surface area contributed by atoms with Crippen LogP contribution in [0, 0.1) is 0 Å². The molecule has 1 atom stereocenters. The van der Waals surface area contributed by atoms with Gasteiger partial charge in [-0.15, -0.1) is 0 Å². The lowest BCUT2D eigenvalue weighted by Crippen LogP contribution is -2.44. The molecule has 1 unspecified atom stereocenters. The smallest absolute Gasteiger partial charge is 0.156 e. The van der Waals surface area contributed by atoms with Crippen molar-refractivity contribution < 1.29 is 8.42 Å². The minimum absolute atomic E-state index is 0.0144. The van der Waals surface area contributed by atoms with Crippen molar-refractivity contribution in [2.75, 3.05) is 6.54 Å². The summed E-state index contributed by atoms with van der Waals surface area (Å²) in [5.74, 6) is 0. The first kappa shape index (κ1) is 14.0. The van der Waals surface area contributed by atoms with Crippen LogP contribution in [-0.4, -0.2) is 31.0 Å². The van der Waals surface area contributed by atoms with E-state index in [9.17, 15) is 8.42 Å². The molecule has 1 fully saturated rings. The van der Waals surface area contributed by atoms with Crippen LogP contribution in [0.3, 0.4) is 0 Å². The van der Waals surface area contributed by atoms with Gasteiger partial charge in [0.2, 0.25) is 0 Å². The zero-order valence-corrected chi connectivity index (χ0v) is 11.7. The first-order chi connectivity index (χ1) is 7.23. The third-order valence-corrected chi connectivity index (χ3v) is 5.94. The second-order valence-electron chi connectivity index (χ2n) is 5.94. The molecular weight excluding hydrogens is 222 g/mol. The number of nitrogens with one attached hydrogen (secondary N) is 1. The van der Waals surface area contributed by atoms with Gasteiger partial charge in [0.05, 0.1) is 10.5 Å². The summed E-state index contributed by atoms with van der Waals surface area (Å²) in [7, 11) is -2.92. The van der Waals surface area contributed by atoms with Crippen LogP contribution in [0.4, 0.5) is 0 Å². The quantitative estimate of drug-likeness (QED) is 0.827. The summed E-state index contributed by atoms with van der Waals surface area (Å²) in [6, 6.07) is 0. The third kappa shape index (κ3) is 3.74. The normalized spacial score (nSPS) is 21.2. The van der Waals surface area contributed by atoms with Gasteiger partial charge < -0.3 is 5.32 Å². The zero-order valence-electron chi connectivity index (χ0n) is 10.9. The van der Waals surface area contributed by atoms with Gasteiger partial charge in [-0.1, -0.05) is 12.8 Å². The summed E-state index contributed by atoms with van der Waals surface area (Å²) in [5, 5.41) is 2.92. The van der Waals surface area contributed by atoms with Gasteiger partial charge in [0, 0.05) is 12.1 Å². The molecular formula is C12H25NO2S. The molecule has 1 rings (SSSR count). The molecule has 96 valence electrons. The van der Waals surface area contributed by atoms with Gasteiger partial charge >= 0.3 is 0 Å². The number of hydrogen-bond donors (Lipinski definition) is 1. The standard InChI is InChI=1S/C12H25NO2S/c1-10(9-13-12(2,3)4)16(14,15)11-7-5-6-8-11/h10-11,13H,5-9H2,1-4H3. The second kappa shape index (κ2) is 5.05. The molecule has 1 aliphatic rings. The SMILES string of the molecule is CC(CNC(C)(C)C)S(=O)(=O)C1CCCC1. The van der Waals surface area contributed by atoms with Crippen LogP contribution < -0.4 is 5.32 Å². The molecule has 0 aliphatic heterocycles. The van der Waals surface area contributed by atoms with Crippen LogP contribution in [0.1, 0.15) is 53.4 Å². The molecule has 1 saturated carbocycles. The first-order valence-electron chi connectivity index (χ1n) is 6.21. The van der Waals surface area contributed by atoms with E-state index in [1.165, 1.54) is 0 Å². The van der Waals surface area contributed by atoms with Gasteiger partial charge in [-0.3, -0.25) is 0 Å². The Labute approximate surface area is 99.9 Å². The molecule has 16 heavy (non-hydrogen) atoms. The lowest BCUT2D eigenvalue weighted by Gasteiger charge is -2.25. The van der Waals surface area contributed by atoms with Crippen molar-refractivity contribution in [2.24, 2.45) is 0 Å². The third-order valence-electron chi connectivity index (χ3n) is 3.25. The van der Waals surface area contributed by atoms with E-state index in [-0.39, 0.29) is 16.0 Å². The van der Waals surface area contributed by atoms with Crippen molar-refractivity contribution in [3.8, 4) is 0 Å². The van der Waals surface area contributed by atoms with Crippen molar-refractivity contribution in [2.45, 2.75) is 69.4 Å². The van der Waals surface area contributed by atoms with Crippen molar-refractivity contribution in [1.29, 1.82) is 0 Å². The van der Waals surface area contributed by atoms with Crippen molar-refractivity contribution in [3.05, 3.63) is 0 Å². The first-order valence-corrected chi connectivity index (χ1v) is 7.82. The molecule has 3 nitrogen and oxygen atoms in total. The monoisotopic (exact) mass is 247 g/mol. The summed E-state index contributed by atoms with van der Waals surface area (Å²) in [6.07, 6.45) is 3.87. The molecule has 0 bridgehead atoms. The molecule has 0 spiro atoms. The van der Waals surface area contributed by atoms with Gasteiger partial charge in [-0.2, -0.15) is 0 Å². The van der Waals surface area contributed by atoms with E-state index < -0.39 is 9.84 Å². The Bertz CT molecular complexity index is 310. The molecule has 0 aromatic rings. The highest BCUT2D eigenvalue weighted by atomic mass is 32.2. The zero-order chi connectivity index (χ0) is 12.4. The molecule has 0 aromatic carbocycles. The van der Waals surface area contributed by atoms with Crippen LogP contribution in [-0.2, 0) is 9.84 Å². The van der Waals surface area contributed by atoms with E-state index in [2.05, 4.69) is 26.1 Å². The molecule has 1 aliphatic carbocycles. The van der Waals surface area contributed by atoms with Crippen LogP contribution in [0.2, 0.25) is 0 Å². The Morgan fingerprint density at radius 2 is 1.75 bits per heavy atom. The highest BCUT2D eigenvalue weighted by Crippen LogP contribution is 2.27. The molecule has 1 N–H and O–H groups in total. The van der Waals surface area contributed by atoms with Gasteiger partial charge in [-0.25, -0.2) is 8.42 Å². The second-order valence-corrected chi connectivity index (χ2v) is 8.59. The number of sulfone groups is 1. The number of rotatable bonds is 4. The summed E-state index contributed by atoms with van der Waals surface area (Å²) in [5.41, 5.74) is -0.0144. The Balaban J connectivity index is 2.55. The van der Waals surface area contributed by atoms with E-state index in [1.54, 1.807) is 0 Å². The lowest BCUT2D eigenvalue weighted by molar-refractivity contribution is 0.424. The van der Waals surface area contributed by atoms with E-state index in [0.717, 1.165) is 25.7 Å². The van der Waals surface area contributed by atoms with Crippen LogP contribution in [0.25, 0.3) is 0 Å². The molecule has 4 heteroatoms. The maximum Gasteiger partial charge on any atom is 0.156 e. The Morgan fingerprint density at radius 3 is 2.19 bits per heavy atom. The van der Waals surface area contributed by atoms with Gasteiger partial charge in [-0.05, 0) is 40.5 Å². The average molecular weight is 247 g/mol. The fourth-order valence-electron chi connectivity index (χ4n) is 2.11. The maximum absolute atomic E-state index is 12.2. The van der Waals surface area contributed by atoms with Gasteiger partial charge in [0.15, 0.2) is 9.84 Å². The van der Waals surface area contributed by atoms with E-state index in [1.807, 2.05) is 6.92 Å². The molecule has 0 heterocycles. The topological polar surface area (TPSA) is 46.2 Å². The van der Waals surface area contributed by atoms with Crippen molar-refractivity contribution in [1.82, 2.24) is 5.32 Å². The summed E-state index contributed by atoms with van der Waals surface area (Å²) >= 11 is 0. The van der Waals surface area contributed by atoms with E-state index >= 15 is 0 Å². The van der Waals surface area contributed by atoms with Crippen LogP contribution >= 0.6 is 0 Å². The minimum Gasteiger partial charge on any atom is -0.311 e. The highest BCUT2D eigenvalue weighted by molar-refractivity contribution is 7.92. The number of hydrogen-bond acceptors (Lipinski definition) is 3. The van der Waals surface area contributed by atoms with Crippen molar-refractivity contribution in [3.63, 3.8) is 0 Å². The Morgan fingerprint density at radius 1 is 1.25 bits per heavy atom. The molecule has 0 saturated heterocycles. The average Bonchev–Trinajstić information content (AvgIpc) is 2.65.